The van der Waals surface area contributed by atoms with Gasteiger partial charge in [0.25, 0.3) is 5.91 Å². The van der Waals surface area contributed by atoms with Crippen LogP contribution in [0.1, 0.15) is 15.9 Å². The van der Waals surface area contributed by atoms with Crippen molar-refractivity contribution in [2.75, 3.05) is 33.4 Å². The maximum Gasteiger partial charge on any atom is 0.254 e. The molecule has 1 aliphatic heterocycles. The van der Waals surface area contributed by atoms with E-state index in [9.17, 15) is 4.79 Å². The molecular weight excluding hydrogens is 496 g/mol. The van der Waals surface area contributed by atoms with Crippen LogP contribution in [0.2, 0.25) is 5.02 Å². The molecule has 1 aromatic heterocycles. The van der Waals surface area contributed by atoms with Gasteiger partial charge >= 0.3 is 0 Å². The highest BCUT2D eigenvalue weighted by Crippen LogP contribution is 2.32. The minimum absolute atomic E-state index is 0.0427. The molecule has 1 saturated heterocycles. The van der Waals surface area contributed by atoms with Crippen molar-refractivity contribution in [2.45, 2.75) is 10.9 Å². The van der Waals surface area contributed by atoms with E-state index in [2.05, 4.69) is 10.2 Å². The number of hydrogen-bond donors (Lipinski definition) is 0. The summed E-state index contributed by atoms with van der Waals surface area (Å²) >= 11 is 7.88. The Balaban J connectivity index is 1.38. The highest BCUT2D eigenvalue weighted by Gasteiger charge is 2.19. The average Bonchev–Trinajstić information content (AvgIpc) is 3.36. The molecule has 3 aromatic carbocycles. The first-order valence-electron chi connectivity index (χ1n) is 11.6. The van der Waals surface area contributed by atoms with Crippen LogP contribution in [-0.2, 0) is 10.5 Å². The Morgan fingerprint density at radius 1 is 1.03 bits per heavy atom. The first-order valence-corrected chi connectivity index (χ1v) is 12.9. The summed E-state index contributed by atoms with van der Waals surface area (Å²) in [6.45, 7) is 2.44. The lowest BCUT2D eigenvalue weighted by atomic mass is 10.1. The summed E-state index contributed by atoms with van der Waals surface area (Å²) < 4.78 is 12.7. The van der Waals surface area contributed by atoms with Gasteiger partial charge in [-0.15, -0.1) is 10.2 Å². The van der Waals surface area contributed by atoms with Gasteiger partial charge in [-0.3, -0.25) is 9.36 Å². The number of rotatable bonds is 7. The van der Waals surface area contributed by atoms with Crippen LogP contribution in [-0.4, -0.2) is 59.0 Å². The third-order valence-electron chi connectivity index (χ3n) is 5.89. The fourth-order valence-electron chi connectivity index (χ4n) is 4.00. The highest BCUT2D eigenvalue weighted by atomic mass is 35.5. The number of thioether (sulfide) groups is 1. The van der Waals surface area contributed by atoms with Crippen LogP contribution < -0.4 is 4.74 Å². The lowest BCUT2D eigenvalue weighted by molar-refractivity contribution is 0.0303. The summed E-state index contributed by atoms with van der Waals surface area (Å²) in [6, 6.07) is 23.1. The first kappa shape index (κ1) is 24.4. The van der Waals surface area contributed by atoms with Crippen molar-refractivity contribution in [3.8, 4) is 22.8 Å². The van der Waals surface area contributed by atoms with Crippen LogP contribution in [0, 0.1) is 0 Å². The molecular formula is C27H25ClN4O3S. The zero-order valence-corrected chi connectivity index (χ0v) is 21.3. The molecule has 0 radical (unpaired) electrons. The Morgan fingerprint density at radius 3 is 2.56 bits per heavy atom. The summed E-state index contributed by atoms with van der Waals surface area (Å²) in [5.41, 5.74) is 3.54. The summed E-state index contributed by atoms with van der Waals surface area (Å²) in [5, 5.41) is 10.4. The molecule has 1 fully saturated rings. The normalized spacial score (nSPS) is 13.6. The van der Waals surface area contributed by atoms with E-state index in [1.165, 1.54) is 0 Å². The molecule has 0 unspecified atom stereocenters. The molecule has 4 aromatic rings. The number of methoxy groups -OCH3 is 1. The van der Waals surface area contributed by atoms with E-state index in [0.29, 0.717) is 48.5 Å². The van der Waals surface area contributed by atoms with Crippen molar-refractivity contribution in [1.29, 1.82) is 0 Å². The van der Waals surface area contributed by atoms with Gasteiger partial charge in [0.2, 0.25) is 0 Å². The second-order valence-electron chi connectivity index (χ2n) is 8.24. The summed E-state index contributed by atoms with van der Waals surface area (Å²) in [5.74, 6) is 2.16. The van der Waals surface area contributed by atoms with Crippen molar-refractivity contribution in [3.63, 3.8) is 0 Å². The third kappa shape index (κ3) is 5.41. The number of aromatic nitrogens is 3. The maximum atomic E-state index is 12.7. The second-order valence-corrected chi connectivity index (χ2v) is 9.62. The summed E-state index contributed by atoms with van der Waals surface area (Å²) in [4.78, 5) is 14.6. The lowest BCUT2D eigenvalue weighted by Crippen LogP contribution is -2.40. The average molecular weight is 521 g/mol. The maximum absolute atomic E-state index is 12.7. The number of carbonyl (C=O) groups excluding carboxylic acids is 1. The van der Waals surface area contributed by atoms with Crippen LogP contribution in [0.25, 0.3) is 17.1 Å². The number of amides is 1. The van der Waals surface area contributed by atoms with Gasteiger partial charge in [-0.1, -0.05) is 53.7 Å². The topological polar surface area (TPSA) is 69.5 Å². The second kappa shape index (κ2) is 11.2. The van der Waals surface area contributed by atoms with Crippen LogP contribution in [0.3, 0.4) is 0 Å². The molecule has 0 N–H and O–H groups in total. The van der Waals surface area contributed by atoms with E-state index in [-0.39, 0.29) is 5.91 Å². The molecule has 0 atom stereocenters. The molecule has 1 amide bonds. The van der Waals surface area contributed by atoms with E-state index >= 15 is 0 Å². The Morgan fingerprint density at radius 2 is 1.81 bits per heavy atom. The van der Waals surface area contributed by atoms with E-state index in [1.807, 2.05) is 82.3 Å². The fourth-order valence-corrected chi connectivity index (χ4v) is 5.09. The van der Waals surface area contributed by atoms with Crippen molar-refractivity contribution < 1.29 is 14.3 Å². The van der Waals surface area contributed by atoms with Gasteiger partial charge in [0.1, 0.15) is 5.75 Å². The largest absolute Gasteiger partial charge is 0.497 e. The summed E-state index contributed by atoms with van der Waals surface area (Å²) in [6.07, 6.45) is 0. The van der Waals surface area contributed by atoms with Gasteiger partial charge in [-0.25, -0.2) is 0 Å². The molecule has 9 heteroatoms. The van der Waals surface area contributed by atoms with Gasteiger partial charge in [-0.2, -0.15) is 0 Å². The van der Waals surface area contributed by atoms with Crippen molar-refractivity contribution in [2.24, 2.45) is 0 Å². The van der Waals surface area contributed by atoms with Crippen molar-refractivity contribution in [3.05, 3.63) is 88.9 Å². The quantitative estimate of drug-likeness (QED) is 0.305. The van der Waals surface area contributed by atoms with Crippen molar-refractivity contribution >= 4 is 29.3 Å². The van der Waals surface area contributed by atoms with Gasteiger partial charge in [-0.05, 0) is 48.0 Å². The Hall–Kier alpha value is -3.33. The van der Waals surface area contributed by atoms with E-state index in [4.69, 9.17) is 21.1 Å². The molecule has 2 heterocycles. The smallest absolute Gasteiger partial charge is 0.254 e. The highest BCUT2D eigenvalue weighted by molar-refractivity contribution is 7.98. The third-order valence-corrected chi connectivity index (χ3v) is 7.13. The first-order chi connectivity index (χ1) is 17.6. The van der Waals surface area contributed by atoms with Crippen LogP contribution in [0.5, 0.6) is 5.75 Å². The van der Waals surface area contributed by atoms with E-state index in [0.717, 1.165) is 27.7 Å². The standard InChI is InChI=1S/C27H25ClN4O3S/c1-34-24-7-2-4-21(16-24)25-29-30-27(32(25)23-6-3-5-22(28)17-23)36-18-19-8-10-20(11-9-19)26(33)31-12-14-35-15-13-31/h2-11,16-17H,12-15,18H2,1H3. The van der Waals surface area contributed by atoms with Crippen LogP contribution in [0.4, 0.5) is 0 Å². The zero-order chi connectivity index (χ0) is 24.9. The number of nitrogens with zero attached hydrogens (tertiary/aromatic N) is 4. The van der Waals surface area contributed by atoms with E-state index < -0.39 is 0 Å². The monoisotopic (exact) mass is 520 g/mol. The number of carbonyl (C=O) groups is 1. The zero-order valence-electron chi connectivity index (χ0n) is 19.8. The van der Waals surface area contributed by atoms with Gasteiger partial charge in [0.15, 0.2) is 11.0 Å². The molecule has 184 valence electrons. The minimum Gasteiger partial charge on any atom is -0.497 e. The number of hydrogen-bond acceptors (Lipinski definition) is 6. The van der Waals surface area contributed by atoms with Gasteiger partial charge in [0, 0.05) is 35.0 Å². The molecule has 5 rings (SSSR count). The lowest BCUT2D eigenvalue weighted by Gasteiger charge is -2.26. The minimum atomic E-state index is 0.0427. The number of benzene rings is 3. The van der Waals surface area contributed by atoms with Crippen molar-refractivity contribution in [1.82, 2.24) is 19.7 Å². The Kier molecular flexibility index (Phi) is 7.55. The molecule has 0 saturated carbocycles. The fraction of sp³-hybridized carbons (Fsp3) is 0.222. The van der Waals surface area contributed by atoms with Crippen LogP contribution in [0.15, 0.2) is 78.0 Å². The molecule has 0 aliphatic carbocycles. The predicted molar refractivity (Wildman–Crippen MR) is 141 cm³/mol. The molecule has 36 heavy (non-hydrogen) atoms. The predicted octanol–water partition coefficient (Wildman–Crippen LogP) is 5.36. The van der Waals surface area contributed by atoms with Crippen LogP contribution >= 0.6 is 23.4 Å². The van der Waals surface area contributed by atoms with Gasteiger partial charge < -0.3 is 14.4 Å². The number of ether oxygens (including phenoxy) is 2. The molecule has 0 spiro atoms. The molecule has 1 aliphatic rings. The Bertz CT molecular complexity index is 1350. The van der Waals surface area contributed by atoms with Gasteiger partial charge in [0.05, 0.1) is 26.0 Å². The Labute approximate surface area is 219 Å². The molecule has 0 bridgehead atoms. The SMILES string of the molecule is COc1cccc(-c2nnc(SCc3ccc(C(=O)N4CCOCC4)cc3)n2-c2cccc(Cl)c2)c1. The number of halogens is 1. The van der Waals surface area contributed by atoms with E-state index in [1.54, 1.807) is 18.9 Å². The number of morpholine rings is 1. The molecule has 7 nitrogen and oxygen atoms in total. The summed E-state index contributed by atoms with van der Waals surface area (Å²) in [7, 11) is 1.64.